The zero-order valence-electron chi connectivity index (χ0n) is 30.2. The predicted molar refractivity (Wildman–Crippen MR) is 192 cm³/mol. The quantitative estimate of drug-likeness (QED) is 0.0787. The highest BCUT2D eigenvalue weighted by Gasteiger charge is 2.49. The number of rotatable bonds is 25. The van der Waals surface area contributed by atoms with Crippen LogP contribution in [0.25, 0.3) is 0 Å². The molecule has 0 N–H and O–H groups in total. The largest absolute Gasteiger partial charge is 0.379 e. The number of ether oxygens (including phenoxy) is 6. The van der Waals surface area contributed by atoms with E-state index in [-0.39, 0.29) is 30.5 Å². The molecule has 47 heavy (non-hydrogen) atoms. The first-order valence-electron chi connectivity index (χ1n) is 18.6. The van der Waals surface area contributed by atoms with Gasteiger partial charge in [-0.25, -0.2) is 0 Å². The molecule has 0 saturated carbocycles. The minimum atomic E-state index is -0.367. The maximum absolute atomic E-state index is 7.13. The van der Waals surface area contributed by atoms with Gasteiger partial charge in [0.05, 0.1) is 19.8 Å². The molecular weight excluding hydrogens is 588 g/mol. The Bertz CT molecular complexity index is 1100. The Labute approximate surface area is 286 Å². The Kier molecular flexibility index (Phi) is 19.5. The molecule has 0 spiro atoms. The highest BCUT2D eigenvalue weighted by Crippen LogP contribution is 2.40. The third-order valence-electron chi connectivity index (χ3n) is 8.83. The van der Waals surface area contributed by atoms with Gasteiger partial charge in [-0.15, -0.1) is 6.58 Å². The molecule has 0 unspecified atom stereocenters. The Morgan fingerprint density at radius 1 is 0.660 bits per heavy atom. The summed E-state index contributed by atoms with van der Waals surface area (Å²) in [4.78, 5) is 0. The fraction of sp³-hybridized carbons (Fsp3) is 0.659. The van der Waals surface area contributed by atoms with Crippen LogP contribution in [0.3, 0.4) is 0 Å². The van der Waals surface area contributed by atoms with Crippen LogP contribution in [0.1, 0.15) is 120 Å². The summed E-state index contributed by atoms with van der Waals surface area (Å²) in [7, 11) is 0. The first-order valence-corrected chi connectivity index (χ1v) is 18.6. The maximum Gasteiger partial charge on any atom is 0.117 e. The Balaban J connectivity index is 2.08. The minimum Gasteiger partial charge on any atom is -0.379 e. The molecule has 1 heterocycles. The SMILES string of the molecule is C=CCOCc1ccc(Cc2ccc(CC)cc2)cc1[C@@H]1O[C@H](COCCCC)[C@@H](OCCCC)[C@H](OCCCC)[C@@H]1OCCCC. The molecule has 6 nitrogen and oxygen atoms in total. The van der Waals surface area contributed by atoms with Crippen molar-refractivity contribution in [1.82, 2.24) is 0 Å². The molecule has 2 aromatic carbocycles. The molecule has 0 bridgehead atoms. The molecule has 3 rings (SSSR count). The molecular formula is C41H64O6. The van der Waals surface area contributed by atoms with Gasteiger partial charge < -0.3 is 28.4 Å². The molecule has 1 saturated heterocycles. The van der Waals surface area contributed by atoms with Crippen LogP contribution in [0, 0.1) is 0 Å². The van der Waals surface area contributed by atoms with Crippen molar-refractivity contribution < 1.29 is 28.4 Å². The lowest BCUT2D eigenvalue weighted by atomic mass is 9.87. The topological polar surface area (TPSA) is 55.4 Å². The second-order valence-corrected chi connectivity index (χ2v) is 12.8. The van der Waals surface area contributed by atoms with E-state index in [4.69, 9.17) is 28.4 Å². The third kappa shape index (κ3) is 13.1. The van der Waals surface area contributed by atoms with Gasteiger partial charge in [-0.3, -0.25) is 0 Å². The van der Waals surface area contributed by atoms with E-state index in [1.54, 1.807) is 6.08 Å². The van der Waals surface area contributed by atoms with Gasteiger partial charge in [0.15, 0.2) is 0 Å². The standard InChI is InChI=1S/C41H64O6/c1-7-13-24-43-31-37-39(44-25-14-8-2)41(46-27-16-10-4)40(45-26-15-9-3)38(47-37)36-29-34(21-22-35(36)30-42-23-11-5)28-33-19-17-32(12-6)18-20-33/h11,17-22,29,37-41H,5,7-10,12-16,23-28,30-31H2,1-4,6H3/t37-,38+,39-,40-,41+/m1/s1. The van der Waals surface area contributed by atoms with Crippen molar-refractivity contribution in [3.63, 3.8) is 0 Å². The number of hydrogen-bond donors (Lipinski definition) is 0. The Hall–Kier alpha value is -2.06. The van der Waals surface area contributed by atoms with Gasteiger partial charge in [0, 0.05) is 26.4 Å². The predicted octanol–water partition coefficient (Wildman–Crippen LogP) is 9.35. The van der Waals surface area contributed by atoms with Gasteiger partial charge in [-0.2, -0.15) is 0 Å². The summed E-state index contributed by atoms with van der Waals surface area (Å²) in [5.74, 6) is 0. The molecule has 5 atom stereocenters. The zero-order valence-corrected chi connectivity index (χ0v) is 30.2. The van der Waals surface area contributed by atoms with Gasteiger partial charge in [0.2, 0.25) is 0 Å². The summed E-state index contributed by atoms with van der Waals surface area (Å²) in [6.45, 7) is 18.9. The number of benzene rings is 2. The zero-order chi connectivity index (χ0) is 33.7. The average Bonchev–Trinajstić information content (AvgIpc) is 3.09. The number of unbranched alkanes of at least 4 members (excludes halogenated alkanes) is 4. The van der Waals surface area contributed by atoms with Crippen LogP contribution in [-0.4, -0.2) is 64.1 Å². The van der Waals surface area contributed by atoms with Crippen LogP contribution in [0.15, 0.2) is 55.1 Å². The van der Waals surface area contributed by atoms with Crippen LogP contribution in [0.2, 0.25) is 0 Å². The lowest BCUT2D eigenvalue weighted by Gasteiger charge is -2.47. The normalized spacial score (nSPS) is 21.3. The summed E-state index contributed by atoms with van der Waals surface area (Å²) in [6, 6.07) is 15.7. The van der Waals surface area contributed by atoms with E-state index in [1.165, 1.54) is 16.7 Å². The van der Waals surface area contributed by atoms with Crippen LogP contribution >= 0.6 is 0 Å². The van der Waals surface area contributed by atoms with E-state index in [1.807, 2.05) is 0 Å². The van der Waals surface area contributed by atoms with E-state index in [2.05, 4.69) is 83.7 Å². The molecule has 0 radical (unpaired) electrons. The summed E-state index contributed by atoms with van der Waals surface area (Å²) in [5, 5.41) is 0. The summed E-state index contributed by atoms with van der Waals surface area (Å²) < 4.78 is 39.6. The molecule has 0 amide bonds. The summed E-state index contributed by atoms with van der Waals surface area (Å²) >= 11 is 0. The van der Waals surface area contributed by atoms with Gasteiger partial charge in [-0.05, 0) is 66.3 Å². The highest BCUT2D eigenvalue weighted by atomic mass is 16.6. The molecule has 0 aliphatic carbocycles. The molecule has 1 aliphatic rings. The lowest BCUT2D eigenvalue weighted by Crippen LogP contribution is -2.58. The van der Waals surface area contributed by atoms with Gasteiger partial charge in [0.25, 0.3) is 0 Å². The number of hydrogen-bond acceptors (Lipinski definition) is 6. The highest BCUT2D eigenvalue weighted by molar-refractivity contribution is 5.38. The lowest BCUT2D eigenvalue weighted by molar-refractivity contribution is -0.268. The van der Waals surface area contributed by atoms with Gasteiger partial charge in [-0.1, -0.05) is 109 Å². The first-order chi connectivity index (χ1) is 23.1. The number of aryl methyl sites for hydroxylation is 1. The molecule has 0 aromatic heterocycles. The average molecular weight is 653 g/mol. The first kappa shape index (κ1) is 39.4. The summed E-state index contributed by atoms with van der Waals surface area (Å²) in [5.41, 5.74) is 6.05. The van der Waals surface area contributed by atoms with E-state index in [9.17, 15) is 0 Å². The molecule has 1 aliphatic heterocycles. The second-order valence-electron chi connectivity index (χ2n) is 12.8. The van der Waals surface area contributed by atoms with Crippen molar-refractivity contribution in [1.29, 1.82) is 0 Å². The van der Waals surface area contributed by atoms with E-state index in [0.717, 1.165) is 75.3 Å². The fourth-order valence-electron chi connectivity index (χ4n) is 5.94. The van der Waals surface area contributed by atoms with Crippen LogP contribution < -0.4 is 0 Å². The minimum absolute atomic E-state index is 0.288. The van der Waals surface area contributed by atoms with Crippen molar-refractivity contribution in [3.05, 3.63) is 82.9 Å². The van der Waals surface area contributed by atoms with Crippen molar-refractivity contribution in [3.8, 4) is 0 Å². The van der Waals surface area contributed by atoms with Crippen molar-refractivity contribution >= 4 is 0 Å². The van der Waals surface area contributed by atoms with Gasteiger partial charge in [0.1, 0.15) is 30.5 Å². The van der Waals surface area contributed by atoms with Crippen molar-refractivity contribution in [2.45, 2.75) is 136 Å². The molecule has 264 valence electrons. The van der Waals surface area contributed by atoms with Crippen molar-refractivity contribution in [2.24, 2.45) is 0 Å². The van der Waals surface area contributed by atoms with E-state index < -0.39 is 0 Å². The second kappa shape index (κ2) is 23.3. The smallest absolute Gasteiger partial charge is 0.117 e. The van der Waals surface area contributed by atoms with Crippen LogP contribution in [0.4, 0.5) is 0 Å². The van der Waals surface area contributed by atoms with E-state index >= 15 is 0 Å². The third-order valence-corrected chi connectivity index (χ3v) is 8.83. The van der Waals surface area contributed by atoms with Gasteiger partial charge >= 0.3 is 0 Å². The van der Waals surface area contributed by atoms with Crippen LogP contribution in [-0.2, 0) is 47.9 Å². The summed E-state index contributed by atoms with van der Waals surface area (Å²) in [6.07, 6.45) is 10.3. The maximum atomic E-state index is 7.13. The fourth-order valence-corrected chi connectivity index (χ4v) is 5.94. The Morgan fingerprint density at radius 3 is 1.85 bits per heavy atom. The molecule has 6 heteroatoms. The molecule has 2 aromatic rings. The van der Waals surface area contributed by atoms with Crippen molar-refractivity contribution in [2.75, 3.05) is 39.6 Å². The van der Waals surface area contributed by atoms with Crippen LogP contribution in [0.5, 0.6) is 0 Å². The Morgan fingerprint density at radius 2 is 1.23 bits per heavy atom. The van der Waals surface area contributed by atoms with E-state index in [0.29, 0.717) is 46.2 Å². The molecule has 1 fully saturated rings. The monoisotopic (exact) mass is 652 g/mol.